The molecule has 0 amide bonds. The summed E-state index contributed by atoms with van der Waals surface area (Å²) in [6.07, 6.45) is 7.30. The molecule has 8 atom stereocenters. The van der Waals surface area contributed by atoms with Gasteiger partial charge in [0.1, 0.15) is 6.29 Å². The fourth-order valence-electron chi connectivity index (χ4n) is 9.12. The third kappa shape index (κ3) is 2.74. The molecule has 4 aliphatic rings. The molecule has 0 aromatic carbocycles. The first kappa shape index (κ1) is 22.7. The number of aldehydes is 1. The first-order valence-electron chi connectivity index (χ1n) is 11.9. The van der Waals surface area contributed by atoms with Crippen molar-refractivity contribution in [2.45, 2.75) is 85.7 Å². The van der Waals surface area contributed by atoms with E-state index in [1.807, 2.05) is 13.0 Å². The second-order valence-electron chi connectivity index (χ2n) is 12.1. The number of allylic oxidation sites excluding steroid dienone is 2. The van der Waals surface area contributed by atoms with Crippen molar-refractivity contribution >= 4 is 18.0 Å². The molecular formula is C26H38O5. The Morgan fingerprint density at radius 3 is 2.32 bits per heavy atom. The predicted molar refractivity (Wildman–Crippen MR) is 117 cm³/mol. The number of carbonyl (C=O) groups is 3. The minimum Gasteiger partial charge on any atom is -0.481 e. The fraction of sp³-hybridized carbons (Fsp3) is 0.808. The first-order chi connectivity index (χ1) is 14.4. The molecule has 0 radical (unpaired) electrons. The third-order valence-corrected chi connectivity index (χ3v) is 10.6. The summed E-state index contributed by atoms with van der Waals surface area (Å²) < 4.78 is 0. The second kappa shape index (κ2) is 7.00. The summed E-state index contributed by atoms with van der Waals surface area (Å²) >= 11 is 0. The minimum atomic E-state index is -0.835. The maximum Gasteiger partial charge on any atom is 0.310 e. The lowest BCUT2D eigenvalue weighted by Crippen LogP contribution is -2.68. The normalized spacial score (nSPS) is 48.5. The highest BCUT2D eigenvalue weighted by Gasteiger charge is 2.71. The standard InChI is InChI=1S/C26H38O5/c1-15(28)16-7-8-19-24(4)12-9-18-23(2,3)10-6-11-26(18,22(30)31)20(24)13-21(29)25(19,5)17(16)14-27/h7,14,17-21,29H,6,8-13H2,1-5H3,(H,30,31). The molecule has 3 fully saturated rings. The van der Waals surface area contributed by atoms with Crippen LogP contribution in [0.25, 0.3) is 0 Å². The van der Waals surface area contributed by atoms with Crippen LogP contribution in [0.5, 0.6) is 0 Å². The summed E-state index contributed by atoms with van der Waals surface area (Å²) in [4.78, 5) is 37.5. The van der Waals surface area contributed by atoms with Gasteiger partial charge in [-0.05, 0) is 74.0 Å². The van der Waals surface area contributed by atoms with Gasteiger partial charge in [0.05, 0.1) is 17.4 Å². The van der Waals surface area contributed by atoms with E-state index in [-0.39, 0.29) is 34.4 Å². The molecule has 5 heteroatoms. The molecule has 0 aromatic heterocycles. The van der Waals surface area contributed by atoms with E-state index in [0.717, 1.165) is 32.0 Å². The van der Waals surface area contributed by atoms with Crippen LogP contribution in [0.15, 0.2) is 11.6 Å². The van der Waals surface area contributed by atoms with Crippen molar-refractivity contribution < 1.29 is 24.6 Å². The summed E-state index contributed by atoms with van der Waals surface area (Å²) in [6.45, 7) is 10.1. The third-order valence-electron chi connectivity index (χ3n) is 10.6. The highest BCUT2D eigenvalue weighted by atomic mass is 16.4. The van der Waals surface area contributed by atoms with Gasteiger partial charge in [-0.25, -0.2) is 0 Å². The molecular weight excluding hydrogens is 392 g/mol. The number of carboxylic acid groups (broad SMARTS) is 1. The van der Waals surface area contributed by atoms with E-state index in [1.165, 1.54) is 6.92 Å². The topological polar surface area (TPSA) is 91.7 Å². The van der Waals surface area contributed by atoms with Crippen molar-refractivity contribution in [1.29, 1.82) is 0 Å². The van der Waals surface area contributed by atoms with E-state index in [0.29, 0.717) is 24.8 Å². The molecule has 0 spiro atoms. The number of aliphatic carboxylic acids is 1. The zero-order valence-corrected chi connectivity index (χ0v) is 19.6. The van der Waals surface area contributed by atoms with E-state index in [4.69, 9.17) is 0 Å². The van der Waals surface area contributed by atoms with E-state index < -0.39 is 28.8 Å². The molecule has 8 unspecified atom stereocenters. The van der Waals surface area contributed by atoms with Crippen molar-refractivity contribution in [3.05, 3.63) is 11.6 Å². The molecule has 2 N–H and O–H groups in total. The van der Waals surface area contributed by atoms with Crippen LogP contribution >= 0.6 is 0 Å². The van der Waals surface area contributed by atoms with Crippen LogP contribution in [0.2, 0.25) is 0 Å². The number of rotatable bonds is 3. The number of fused-ring (bicyclic) bond motifs is 5. The molecule has 0 heterocycles. The Balaban J connectivity index is 1.87. The maximum atomic E-state index is 13.0. The number of carboxylic acids is 1. The highest BCUT2D eigenvalue weighted by molar-refractivity contribution is 5.97. The molecule has 4 aliphatic carbocycles. The van der Waals surface area contributed by atoms with Gasteiger partial charge in [-0.3, -0.25) is 9.59 Å². The summed E-state index contributed by atoms with van der Waals surface area (Å²) in [5.41, 5.74) is -1.41. The number of hydrogen-bond acceptors (Lipinski definition) is 4. The Labute approximate surface area is 185 Å². The summed E-state index contributed by atoms with van der Waals surface area (Å²) in [5, 5.41) is 22.2. The summed E-state index contributed by atoms with van der Waals surface area (Å²) in [5.74, 6) is -1.54. The van der Waals surface area contributed by atoms with E-state index in [9.17, 15) is 24.6 Å². The SMILES string of the molecule is CC(=O)C1=CCC2C3(C)CCC4C(C)(C)CCCC4(C(=O)O)C3CC(O)C2(C)C1C=O. The Morgan fingerprint density at radius 2 is 1.74 bits per heavy atom. The number of aliphatic hydroxyl groups is 1. The molecule has 3 saturated carbocycles. The van der Waals surface area contributed by atoms with Crippen molar-refractivity contribution in [2.75, 3.05) is 0 Å². The second-order valence-corrected chi connectivity index (χ2v) is 12.1. The zero-order valence-electron chi connectivity index (χ0n) is 19.6. The van der Waals surface area contributed by atoms with Crippen LogP contribution in [0.3, 0.4) is 0 Å². The number of aliphatic hydroxyl groups excluding tert-OH is 1. The lowest BCUT2D eigenvalue weighted by Gasteiger charge is -2.69. The number of ketones is 1. The van der Waals surface area contributed by atoms with Gasteiger partial charge in [-0.15, -0.1) is 0 Å². The molecule has 5 nitrogen and oxygen atoms in total. The smallest absolute Gasteiger partial charge is 0.310 e. The highest BCUT2D eigenvalue weighted by Crippen LogP contribution is 2.73. The van der Waals surface area contributed by atoms with E-state index in [1.54, 1.807) is 0 Å². The van der Waals surface area contributed by atoms with E-state index >= 15 is 0 Å². The Kier molecular flexibility index (Phi) is 5.13. The van der Waals surface area contributed by atoms with E-state index in [2.05, 4.69) is 20.8 Å². The molecule has 0 aliphatic heterocycles. The van der Waals surface area contributed by atoms with Gasteiger partial charge in [0.15, 0.2) is 5.78 Å². The average Bonchev–Trinajstić information content (AvgIpc) is 2.68. The Morgan fingerprint density at radius 1 is 1.06 bits per heavy atom. The summed E-state index contributed by atoms with van der Waals surface area (Å²) in [6, 6.07) is 0. The predicted octanol–water partition coefficient (Wildman–Crippen LogP) is 4.42. The maximum absolute atomic E-state index is 13.0. The van der Waals surface area contributed by atoms with Crippen LogP contribution in [-0.4, -0.2) is 34.4 Å². The summed E-state index contributed by atoms with van der Waals surface area (Å²) in [7, 11) is 0. The van der Waals surface area contributed by atoms with Crippen molar-refractivity contribution in [3.63, 3.8) is 0 Å². The van der Waals surface area contributed by atoms with Crippen LogP contribution in [0.1, 0.15) is 79.6 Å². The van der Waals surface area contributed by atoms with Gasteiger partial charge in [0.25, 0.3) is 0 Å². The molecule has 4 rings (SSSR count). The Hall–Kier alpha value is -1.49. The van der Waals surface area contributed by atoms with Crippen LogP contribution < -0.4 is 0 Å². The number of hydrogen-bond donors (Lipinski definition) is 2. The van der Waals surface area contributed by atoms with Crippen molar-refractivity contribution in [2.24, 2.45) is 45.3 Å². The Bertz CT molecular complexity index is 843. The zero-order chi connectivity index (χ0) is 23.0. The molecule has 31 heavy (non-hydrogen) atoms. The van der Waals surface area contributed by atoms with Gasteiger partial charge in [0.2, 0.25) is 0 Å². The van der Waals surface area contributed by atoms with Gasteiger partial charge in [-0.1, -0.05) is 40.2 Å². The monoisotopic (exact) mass is 430 g/mol. The average molecular weight is 431 g/mol. The van der Waals surface area contributed by atoms with Crippen molar-refractivity contribution in [1.82, 2.24) is 0 Å². The largest absolute Gasteiger partial charge is 0.481 e. The van der Waals surface area contributed by atoms with Crippen LogP contribution in [0, 0.1) is 45.3 Å². The molecule has 172 valence electrons. The lowest BCUT2D eigenvalue weighted by molar-refractivity contribution is -0.240. The van der Waals surface area contributed by atoms with Crippen LogP contribution in [0.4, 0.5) is 0 Å². The van der Waals surface area contributed by atoms with Gasteiger partial charge < -0.3 is 15.0 Å². The molecule has 0 bridgehead atoms. The quantitative estimate of drug-likeness (QED) is 0.647. The number of Topliss-reactive ketones (excluding diaryl/α,β-unsaturated/α-hetero) is 1. The van der Waals surface area contributed by atoms with Gasteiger partial charge >= 0.3 is 5.97 Å². The van der Waals surface area contributed by atoms with Gasteiger partial charge in [0, 0.05) is 11.0 Å². The molecule has 0 aromatic rings. The fourth-order valence-corrected chi connectivity index (χ4v) is 9.12. The van der Waals surface area contributed by atoms with Gasteiger partial charge in [-0.2, -0.15) is 0 Å². The molecule has 0 saturated heterocycles. The first-order valence-corrected chi connectivity index (χ1v) is 11.9. The lowest BCUT2D eigenvalue weighted by atomic mass is 9.34. The van der Waals surface area contributed by atoms with Crippen molar-refractivity contribution in [3.8, 4) is 0 Å². The number of carbonyl (C=O) groups excluding carboxylic acids is 2. The van der Waals surface area contributed by atoms with Crippen LogP contribution in [-0.2, 0) is 14.4 Å². The minimum absolute atomic E-state index is 0.0331.